The zero-order valence-electron chi connectivity index (χ0n) is 14.1. The van der Waals surface area contributed by atoms with Gasteiger partial charge in [-0.3, -0.25) is 19.8 Å². The Morgan fingerprint density at radius 3 is 2.52 bits per heavy atom. The number of nitrogens with one attached hydrogen (secondary N) is 1. The second-order valence-electron chi connectivity index (χ2n) is 5.54. The molecule has 1 fully saturated rings. The highest BCUT2D eigenvalue weighted by Crippen LogP contribution is 2.31. The molecule has 1 aliphatic heterocycles. The standard InChI is InChI=1S/C19H15N3O3S2/c23-18-17(8-4-7-14-5-2-1-3-6-14)27-19(26)21(18)13-20-15-9-11-16(12-10-15)22(24)25/h1-12,20H,13H2/b7-4+,17-8+. The Morgan fingerprint density at radius 2 is 1.85 bits per heavy atom. The molecule has 1 saturated heterocycles. The maximum absolute atomic E-state index is 12.5. The molecule has 0 spiro atoms. The molecule has 8 heteroatoms. The van der Waals surface area contributed by atoms with Gasteiger partial charge >= 0.3 is 0 Å². The lowest BCUT2D eigenvalue weighted by molar-refractivity contribution is -0.384. The van der Waals surface area contributed by atoms with E-state index in [9.17, 15) is 14.9 Å². The molecule has 2 aromatic carbocycles. The molecule has 0 aliphatic carbocycles. The Bertz CT molecular complexity index is 925. The van der Waals surface area contributed by atoms with Crippen molar-refractivity contribution in [1.29, 1.82) is 0 Å². The first-order valence-electron chi connectivity index (χ1n) is 8.00. The minimum atomic E-state index is -0.459. The third kappa shape index (κ3) is 4.81. The Labute approximate surface area is 165 Å². The molecule has 0 radical (unpaired) electrons. The maximum atomic E-state index is 12.5. The van der Waals surface area contributed by atoms with E-state index in [4.69, 9.17) is 12.2 Å². The highest BCUT2D eigenvalue weighted by atomic mass is 32.2. The highest BCUT2D eigenvalue weighted by Gasteiger charge is 2.31. The van der Waals surface area contributed by atoms with Crippen LogP contribution in [0.15, 0.2) is 71.7 Å². The Balaban J connectivity index is 1.61. The van der Waals surface area contributed by atoms with Gasteiger partial charge < -0.3 is 5.32 Å². The predicted octanol–water partition coefficient (Wildman–Crippen LogP) is 4.42. The van der Waals surface area contributed by atoms with Crippen LogP contribution in [0.1, 0.15) is 5.56 Å². The summed E-state index contributed by atoms with van der Waals surface area (Å²) in [7, 11) is 0. The van der Waals surface area contributed by atoms with Crippen molar-refractivity contribution in [3.05, 3.63) is 87.3 Å². The molecule has 1 N–H and O–H groups in total. The number of hydrogen-bond donors (Lipinski definition) is 1. The van der Waals surface area contributed by atoms with Crippen molar-refractivity contribution in [3.63, 3.8) is 0 Å². The van der Waals surface area contributed by atoms with E-state index in [-0.39, 0.29) is 18.3 Å². The van der Waals surface area contributed by atoms with Crippen LogP contribution in [-0.4, -0.2) is 26.7 Å². The van der Waals surface area contributed by atoms with Crippen LogP contribution in [0.4, 0.5) is 11.4 Å². The number of benzene rings is 2. The van der Waals surface area contributed by atoms with Crippen LogP contribution < -0.4 is 5.32 Å². The number of nitro benzene ring substituents is 1. The van der Waals surface area contributed by atoms with Crippen molar-refractivity contribution in [2.45, 2.75) is 0 Å². The molecule has 1 aliphatic rings. The molecule has 136 valence electrons. The van der Waals surface area contributed by atoms with Gasteiger partial charge in [0.05, 0.1) is 16.5 Å². The molecule has 0 unspecified atom stereocenters. The summed E-state index contributed by atoms with van der Waals surface area (Å²) < 4.78 is 0.466. The number of carbonyl (C=O) groups is 1. The van der Waals surface area contributed by atoms with Crippen LogP contribution in [0.25, 0.3) is 6.08 Å². The van der Waals surface area contributed by atoms with Crippen LogP contribution in [-0.2, 0) is 4.79 Å². The predicted molar refractivity (Wildman–Crippen MR) is 112 cm³/mol. The van der Waals surface area contributed by atoms with Crippen LogP contribution in [0.3, 0.4) is 0 Å². The third-order valence-corrected chi connectivity index (χ3v) is 5.12. The molecule has 1 heterocycles. The summed E-state index contributed by atoms with van der Waals surface area (Å²) in [6.07, 6.45) is 5.49. The first kappa shape index (κ1) is 18.8. The normalized spacial score (nSPS) is 15.7. The quantitative estimate of drug-likeness (QED) is 0.337. The van der Waals surface area contributed by atoms with E-state index in [1.165, 1.54) is 28.8 Å². The number of hydrogen-bond acceptors (Lipinski definition) is 6. The number of nitrogens with zero attached hydrogens (tertiary/aromatic N) is 2. The monoisotopic (exact) mass is 397 g/mol. The molecule has 0 bridgehead atoms. The van der Waals surface area contributed by atoms with Crippen LogP contribution in [0.5, 0.6) is 0 Å². The summed E-state index contributed by atoms with van der Waals surface area (Å²) >= 11 is 6.53. The van der Waals surface area contributed by atoms with Gasteiger partial charge in [0.15, 0.2) is 0 Å². The van der Waals surface area contributed by atoms with Gasteiger partial charge in [-0.15, -0.1) is 0 Å². The van der Waals surface area contributed by atoms with Gasteiger partial charge in [-0.1, -0.05) is 66.5 Å². The molecule has 3 rings (SSSR count). The van der Waals surface area contributed by atoms with Crippen molar-refractivity contribution >= 4 is 51.7 Å². The summed E-state index contributed by atoms with van der Waals surface area (Å²) in [5, 5.41) is 13.7. The van der Waals surface area contributed by atoms with Crippen LogP contribution in [0, 0.1) is 10.1 Å². The Kier molecular flexibility index (Phi) is 6.00. The van der Waals surface area contributed by atoms with Gasteiger partial charge in [0.2, 0.25) is 0 Å². The number of thiocarbonyl (C=S) groups is 1. The molecule has 2 aromatic rings. The molecule has 1 amide bonds. The largest absolute Gasteiger partial charge is 0.367 e. The lowest BCUT2D eigenvalue weighted by Crippen LogP contribution is -2.33. The van der Waals surface area contributed by atoms with E-state index in [2.05, 4.69) is 5.32 Å². The summed E-state index contributed by atoms with van der Waals surface area (Å²) in [6.45, 7) is 0.197. The average molecular weight is 397 g/mol. The highest BCUT2D eigenvalue weighted by molar-refractivity contribution is 8.26. The molecule has 27 heavy (non-hydrogen) atoms. The fourth-order valence-corrected chi connectivity index (χ4v) is 3.54. The van der Waals surface area contributed by atoms with E-state index in [0.29, 0.717) is 14.9 Å². The number of rotatable bonds is 6. The third-order valence-electron chi connectivity index (χ3n) is 3.73. The lowest BCUT2D eigenvalue weighted by Gasteiger charge is -2.16. The molecular weight excluding hydrogens is 382 g/mol. The molecular formula is C19H15N3O3S2. The van der Waals surface area contributed by atoms with Gasteiger partial charge in [-0.2, -0.15) is 0 Å². The molecule has 0 atom stereocenters. The first-order chi connectivity index (χ1) is 13.0. The summed E-state index contributed by atoms with van der Waals surface area (Å²) in [6, 6.07) is 15.8. The Hall–Kier alpha value is -2.97. The fourth-order valence-electron chi connectivity index (χ4n) is 2.33. The number of non-ortho nitro benzene ring substituents is 1. The lowest BCUT2D eigenvalue weighted by atomic mass is 10.2. The Morgan fingerprint density at radius 1 is 1.15 bits per heavy atom. The van der Waals surface area contributed by atoms with Crippen molar-refractivity contribution in [3.8, 4) is 0 Å². The van der Waals surface area contributed by atoms with Gasteiger partial charge in [-0.05, 0) is 23.8 Å². The maximum Gasteiger partial charge on any atom is 0.269 e. The minimum Gasteiger partial charge on any atom is -0.367 e. The van der Waals surface area contributed by atoms with E-state index < -0.39 is 4.92 Å². The van der Waals surface area contributed by atoms with Gasteiger partial charge in [-0.25, -0.2) is 0 Å². The van der Waals surface area contributed by atoms with Crippen molar-refractivity contribution in [2.75, 3.05) is 12.0 Å². The summed E-state index contributed by atoms with van der Waals surface area (Å²) in [4.78, 5) is 24.7. The number of nitro groups is 1. The minimum absolute atomic E-state index is 0.0132. The zero-order valence-corrected chi connectivity index (χ0v) is 15.7. The van der Waals surface area contributed by atoms with Crippen molar-refractivity contribution in [1.82, 2.24) is 4.90 Å². The second kappa shape index (κ2) is 8.61. The first-order valence-corrected chi connectivity index (χ1v) is 9.22. The number of amides is 1. The number of allylic oxidation sites excluding steroid dienone is 2. The van der Waals surface area contributed by atoms with Crippen LogP contribution in [0.2, 0.25) is 0 Å². The number of carbonyl (C=O) groups excluding carboxylic acids is 1. The van der Waals surface area contributed by atoms with Crippen molar-refractivity contribution in [2.24, 2.45) is 0 Å². The molecule has 0 saturated carbocycles. The zero-order chi connectivity index (χ0) is 19.2. The average Bonchev–Trinajstić information content (AvgIpc) is 2.94. The van der Waals surface area contributed by atoms with Crippen molar-refractivity contribution < 1.29 is 9.72 Å². The summed E-state index contributed by atoms with van der Waals surface area (Å²) in [5.41, 5.74) is 1.73. The smallest absolute Gasteiger partial charge is 0.269 e. The molecule has 0 aromatic heterocycles. The topological polar surface area (TPSA) is 75.5 Å². The van der Waals surface area contributed by atoms with Gasteiger partial charge in [0, 0.05) is 17.8 Å². The molecule has 6 nitrogen and oxygen atoms in total. The summed E-state index contributed by atoms with van der Waals surface area (Å²) in [5.74, 6) is -0.169. The fraction of sp³-hybridized carbons (Fsp3) is 0.0526. The van der Waals surface area contributed by atoms with E-state index in [1.807, 2.05) is 42.5 Å². The SMILES string of the molecule is O=C1/C(=C\C=C\c2ccccc2)SC(=S)N1CNc1ccc([N+](=O)[O-])cc1. The second-order valence-corrected chi connectivity index (χ2v) is 7.22. The van der Waals surface area contributed by atoms with E-state index in [0.717, 1.165) is 5.56 Å². The van der Waals surface area contributed by atoms with Gasteiger partial charge in [0.1, 0.15) is 4.32 Å². The van der Waals surface area contributed by atoms with Crippen LogP contribution >= 0.6 is 24.0 Å². The van der Waals surface area contributed by atoms with E-state index in [1.54, 1.807) is 18.2 Å². The number of anilines is 1. The van der Waals surface area contributed by atoms with E-state index >= 15 is 0 Å². The van der Waals surface area contributed by atoms with Gasteiger partial charge in [0.25, 0.3) is 11.6 Å². The number of thioether (sulfide) groups is 1.